The number of carboxylic acids is 2. The molecular weight excluding hydrogens is 404 g/mol. The van der Waals surface area contributed by atoms with Gasteiger partial charge < -0.3 is 14.9 Å². The number of ether oxygens (including phenoxy) is 1. The molecule has 0 amide bonds. The van der Waals surface area contributed by atoms with Crippen LogP contribution < -0.4 is 14.5 Å². The zero-order valence-electron chi connectivity index (χ0n) is 17.7. The molecule has 0 unspecified atom stereocenters. The third-order valence-electron chi connectivity index (χ3n) is 4.47. The average molecular weight is 428 g/mol. The predicted octanol–water partition coefficient (Wildman–Crippen LogP) is 5.03. The molecule has 0 spiro atoms. The molecule has 5 heterocycles. The first-order valence-corrected chi connectivity index (χ1v) is 9.19. The molecule has 8 nitrogen and oxygen atoms in total. The summed E-state index contributed by atoms with van der Waals surface area (Å²) in [5, 5.41) is 20.5. The van der Waals surface area contributed by atoms with Crippen molar-refractivity contribution in [2.24, 2.45) is 0 Å². The standard InChI is InChI=1S/C15H12O4.2C4H6O2/c1-15(2)9-3-5-10(6-4-9)17-19-18-12-8-7-11(15)13-14(12)16-13;2*1-3(2)4(5)6/h3-8H,1-2H3;2*1H2,2H3,(H,5,6). The molecule has 0 saturated carbocycles. The summed E-state index contributed by atoms with van der Waals surface area (Å²) in [5.74, 6) is 0.853. The average Bonchev–Trinajstić information content (AvgIpc) is 3.49. The Labute approximate surface area is 179 Å². The fraction of sp³-hybridized carbons (Fsp3) is 0.217. The lowest BCUT2D eigenvalue weighted by atomic mass is 9.78. The Kier molecular flexibility index (Phi) is 7.09. The van der Waals surface area contributed by atoms with E-state index in [1.54, 1.807) is 0 Å². The van der Waals surface area contributed by atoms with Gasteiger partial charge in [-0.05, 0) is 37.6 Å². The summed E-state index contributed by atoms with van der Waals surface area (Å²) >= 11 is 0. The molecule has 0 aliphatic carbocycles. The van der Waals surface area contributed by atoms with Crippen LogP contribution in [0.2, 0.25) is 0 Å². The van der Waals surface area contributed by atoms with Crippen LogP contribution in [0, 0.1) is 0 Å². The lowest BCUT2D eigenvalue weighted by Crippen LogP contribution is -2.18. The molecule has 0 aromatic heterocycles. The molecule has 5 aliphatic heterocycles. The maximum absolute atomic E-state index is 9.60. The zero-order chi connectivity index (χ0) is 23.3. The lowest BCUT2D eigenvalue weighted by molar-refractivity contribution is -0.411. The highest BCUT2D eigenvalue weighted by Gasteiger charge is 2.38. The minimum Gasteiger partial charge on any atom is -0.478 e. The highest BCUT2D eigenvalue weighted by Crippen LogP contribution is 2.58. The molecule has 7 rings (SSSR count). The Bertz CT molecular complexity index is 971. The first kappa shape index (κ1) is 23.5. The second-order valence-corrected chi connectivity index (χ2v) is 7.43. The van der Waals surface area contributed by atoms with Gasteiger partial charge in [0.1, 0.15) is 0 Å². The van der Waals surface area contributed by atoms with Crippen LogP contribution in [0.3, 0.4) is 0 Å². The van der Waals surface area contributed by atoms with Crippen LogP contribution in [0.15, 0.2) is 60.7 Å². The Morgan fingerprint density at radius 1 is 0.839 bits per heavy atom. The lowest BCUT2D eigenvalue weighted by Gasteiger charge is -2.25. The van der Waals surface area contributed by atoms with Gasteiger partial charge in [0.2, 0.25) is 11.5 Å². The van der Waals surface area contributed by atoms with Crippen molar-refractivity contribution in [1.29, 1.82) is 0 Å². The number of carboxylic acid groups (broad SMARTS) is 2. The van der Waals surface area contributed by atoms with Gasteiger partial charge in [-0.25, -0.2) is 9.59 Å². The Hall–Kier alpha value is -3.78. The van der Waals surface area contributed by atoms with E-state index in [1.807, 2.05) is 36.4 Å². The minimum atomic E-state index is -0.935. The fourth-order valence-electron chi connectivity index (χ4n) is 2.46. The molecule has 0 radical (unpaired) electrons. The first-order chi connectivity index (χ1) is 14.4. The molecule has 0 saturated heterocycles. The maximum Gasteiger partial charge on any atom is 0.330 e. The largest absolute Gasteiger partial charge is 0.478 e. The van der Waals surface area contributed by atoms with Crippen molar-refractivity contribution in [1.82, 2.24) is 0 Å². The quantitative estimate of drug-likeness (QED) is 0.332. The third-order valence-corrected chi connectivity index (χ3v) is 4.47. The molecule has 31 heavy (non-hydrogen) atoms. The third kappa shape index (κ3) is 5.86. The summed E-state index contributed by atoms with van der Waals surface area (Å²) in [6.45, 7) is 13.5. The van der Waals surface area contributed by atoms with Gasteiger partial charge in [-0.15, -0.1) is 0 Å². The van der Waals surface area contributed by atoms with Gasteiger partial charge in [-0.2, -0.15) is 0 Å². The molecule has 164 valence electrons. The smallest absolute Gasteiger partial charge is 0.330 e. The Balaban J connectivity index is 0.000000238. The van der Waals surface area contributed by atoms with Crippen molar-refractivity contribution >= 4 is 11.9 Å². The van der Waals surface area contributed by atoms with Gasteiger partial charge >= 0.3 is 11.9 Å². The SMILES string of the molecule is C=C(C)C(=O)O.C=C(C)C(=O)O.CC1(C)c2ccc(cc2)OOOc2ccc1c1c2O1. The molecule has 2 aromatic rings. The zero-order valence-corrected chi connectivity index (χ0v) is 17.7. The van der Waals surface area contributed by atoms with Gasteiger partial charge in [0.05, 0.1) is 0 Å². The van der Waals surface area contributed by atoms with Crippen LogP contribution in [-0.4, -0.2) is 22.2 Å². The normalized spacial score (nSPS) is 13.5. The fourth-order valence-corrected chi connectivity index (χ4v) is 2.46. The summed E-state index contributed by atoms with van der Waals surface area (Å²) in [5.41, 5.74) is 2.54. The number of aliphatic carboxylic acids is 2. The van der Waals surface area contributed by atoms with Crippen LogP contribution in [-0.2, 0) is 20.0 Å². The van der Waals surface area contributed by atoms with Crippen LogP contribution in [0.4, 0.5) is 0 Å². The van der Waals surface area contributed by atoms with Crippen molar-refractivity contribution < 1.29 is 39.4 Å². The topological polar surface area (TPSA) is 115 Å². The molecule has 2 aromatic carbocycles. The number of benzene rings is 2. The van der Waals surface area contributed by atoms with Crippen LogP contribution in [0.1, 0.15) is 38.8 Å². The summed E-state index contributed by atoms with van der Waals surface area (Å²) in [7, 11) is 0. The highest BCUT2D eigenvalue weighted by molar-refractivity contribution is 5.85. The molecule has 5 aliphatic rings. The van der Waals surface area contributed by atoms with Gasteiger partial charge in [0.15, 0.2) is 11.5 Å². The van der Waals surface area contributed by atoms with E-state index in [9.17, 15) is 9.59 Å². The second kappa shape index (κ2) is 9.36. The Morgan fingerprint density at radius 2 is 1.35 bits per heavy atom. The summed E-state index contributed by atoms with van der Waals surface area (Å²) < 4.78 is 5.53. The first-order valence-electron chi connectivity index (χ1n) is 9.19. The number of carbonyl (C=O) groups is 2. The van der Waals surface area contributed by atoms with Gasteiger partial charge in [0.25, 0.3) is 0 Å². The van der Waals surface area contributed by atoms with E-state index in [1.165, 1.54) is 19.4 Å². The van der Waals surface area contributed by atoms with Gasteiger partial charge in [-0.1, -0.05) is 45.2 Å². The van der Waals surface area contributed by atoms with E-state index in [2.05, 4.69) is 27.0 Å². The van der Waals surface area contributed by atoms with Gasteiger partial charge in [-0.3, -0.25) is 9.78 Å². The summed E-state index contributed by atoms with van der Waals surface area (Å²) in [6.07, 6.45) is 0. The molecule has 0 fully saturated rings. The van der Waals surface area contributed by atoms with E-state index < -0.39 is 11.9 Å². The monoisotopic (exact) mass is 428 g/mol. The number of hydrogen-bond acceptors (Lipinski definition) is 6. The number of hydrogen-bond donors (Lipinski definition) is 2. The highest BCUT2D eigenvalue weighted by atomic mass is 17.5. The molecule has 8 heteroatoms. The molecular formula is C23H24O8. The van der Waals surface area contributed by atoms with Crippen LogP contribution in [0.5, 0.6) is 23.0 Å². The molecule has 2 N–H and O–H groups in total. The van der Waals surface area contributed by atoms with E-state index in [0.717, 1.165) is 17.1 Å². The van der Waals surface area contributed by atoms with Crippen LogP contribution >= 0.6 is 0 Å². The summed E-state index contributed by atoms with van der Waals surface area (Å²) in [4.78, 5) is 29.3. The van der Waals surface area contributed by atoms with E-state index >= 15 is 0 Å². The minimum absolute atomic E-state index is 0.141. The van der Waals surface area contributed by atoms with Crippen molar-refractivity contribution in [3.63, 3.8) is 0 Å². The van der Waals surface area contributed by atoms with Crippen LogP contribution in [0.25, 0.3) is 0 Å². The van der Waals surface area contributed by atoms with Crippen molar-refractivity contribution in [3.8, 4) is 23.0 Å². The predicted molar refractivity (Wildman–Crippen MR) is 112 cm³/mol. The number of rotatable bonds is 2. The van der Waals surface area contributed by atoms with E-state index in [0.29, 0.717) is 11.5 Å². The second-order valence-electron chi connectivity index (χ2n) is 7.43. The molecule has 4 bridgehead atoms. The van der Waals surface area contributed by atoms with Crippen molar-refractivity contribution in [2.45, 2.75) is 33.1 Å². The van der Waals surface area contributed by atoms with Crippen molar-refractivity contribution in [2.75, 3.05) is 0 Å². The maximum atomic E-state index is 9.60. The van der Waals surface area contributed by atoms with Gasteiger partial charge in [0, 0.05) is 27.2 Å². The van der Waals surface area contributed by atoms with E-state index in [-0.39, 0.29) is 16.6 Å². The molecule has 0 atom stereocenters. The van der Waals surface area contributed by atoms with Crippen molar-refractivity contribution in [3.05, 3.63) is 71.8 Å². The summed E-state index contributed by atoms with van der Waals surface area (Å²) in [6, 6.07) is 11.6. The Morgan fingerprint density at radius 3 is 1.84 bits per heavy atom. The van der Waals surface area contributed by atoms with E-state index in [4.69, 9.17) is 29.8 Å².